The van der Waals surface area contributed by atoms with Crippen molar-refractivity contribution in [3.63, 3.8) is 0 Å². The predicted molar refractivity (Wildman–Crippen MR) is 108 cm³/mol. The quantitative estimate of drug-likeness (QED) is 0.697. The second-order valence-corrected chi connectivity index (χ2v) is 7.74. The molecule has 4 rings (SSSR count). The van der Waals surface area contributed by atoms with Crippen LogP contribution in [-0.2, 0) is 13.2 Å². The maximum Gasteiger partial charge on any atom is 0.416 e. The van der Waals surface area contributed by atoms with Gasteiger partial charge in [0, 0.05) is 30.7 Å². The molecule has 9 heteroatoms. The number of aromatic nitrogens is 3. The normalized spacial score (nSPS) is 15.4. The van der Waals surface area contributed by atoms with E-state index in [4.69, 9.17) is 0 Å². The molecule has 0 saturated heterocycles. The van der Waals surface area contributed by atoms with E-state index in [1.807, 2.05) is 0 Å². The van der Waals surface area contributed by atoms with Crippen LogP contribution in [0.2, 0.25) is 0 Å². The number of aryl methyl sites for hydroxylation is 1. The van der Waals surface area contributed by atoms with E-state index >= 15 is 0 Å². The Morgan fingerprint density at radius 1 is 1.20 bits per heavy atom. The largest absolute Gasteiger partial charge is 0.416 e. The van der Waals surface area contributed by atoms with Gasteiger partial charge in [0.25, 0.3) is 11.1 Å². The van der Waals surface area contributed by atoms with Crippen molar-refractivity contribution in [2.45, 2.75) is 44.9 Å². The number of alkyl halides is 3. The Balaban J connectivity index is 1.81. The number of halogens is 3. The van der Waals surface area contributed by atoms with Gasteiger partial charge in [-0.25, -0.2) is 4.68 Å². The van der Waals surface area contributed by atoms with Crippen LogP contribution in [0.5, 0.6) is 0 Å². The van der Waals surface area contributed by atoms with E-state index in [0.717, 1.165) is 23.6 Å². The van der Waals surface area contributed by atoms with Gasteiger partial charge in [0.2, 0.25) is 0 Å². The highest BCUT2D eigenvalue weighted by Crippen LogP contribution is 2.36. The maximum absolute atomic E-state index is 13.3. The van der Waals surface area contributed by atoms with Gasteiger partial charge >= 0.3 is 6.18 Å². The average Bonchev–Trinajstić information content (AvgIpc) is 3.49. The SMILES string of the molecule is Cc1c(C(C)Nc2nn(C)c(=O)c3cc(=O)n(C4CC4)cc23)cccc1C(F)(F)F. The van der Waals surface area contributed by atoms with Gasteiger partial charge in [-0.2, -0.15) is 18.3 Å². The lowest BCUT2D eigenvalue weighted by molar-refractivity contribution is -0.138. The maximum atomic E-state index is 13.3. The van der Waals surface area contributed by atoms with E-state index in [-0.39, 0.29) is 22.6 Å². The highest BCUT2D eigenvalue weighted by Gasteiger charge is 2.33. The summed E-state index contributed by atoms with van der Waals surface area (Å²) in [4.78, 5) is 24.9. The number of rotatable bonds is 4. The van der Waals surface area contributed by atoms with Crippen LogP contribution in [0.3, 0.4) is 0 Å². The number of anilines is 1. The summed E-state index contributed by atoms with van der Waals surface area (Å²) in [5.74, 6) is 0.339. The Hall–Kier alpha value is -3.10. The van der Waals surface area contributed by atoms with Gasteiger partial charge in [-0.3, -0.25) is 9.59 Å². The van der Waals surface area contributed by atoms with Crippen LogP contribution in [0.4, 0.5) is 19.0 Å². The Kier molecular flexibility index (Phi) is 4.71. The minimum Gasteiger partial charge on any atom is -0.362 e. The molecule has 1 atom stereocenters. The molecular formula is C21H21F3N4O2. The highest BCUT2D eigenvalue weighted by atomic mass is 19.4. The van der Waals surface area contributed by atoms with Crippen LogP contribution in [0.15, 0.2) is 40.1 Å². The Morgan fingerprint density at radius 3 is 2.53 bits per heavy atom. The van der Waals surface area contributed by atoms with Crippen LogP contribution in [-0.4, -0.2) is 14.3 Å². The molecule has 1 N–H and O–H groups in total. The van der Waals surface area contributed by atoms with Crippen molar-refractivity contribution < 1.29 is 13.2 Å². The molecule has 1 aliphatic carbocycles. The second-order valence-electron chi connectivity index (χ2n) is 7.74. The van der Waals surface area contributed by atoms with Crippen LogP contribution in [0, 0.1) is 6.92 Å². The summed E-state index contributed by atoms with van der Waals surface area (Å²) < 4.78 is 42.6. The van der Waals surface area contributed by atoms with Gasteiger partial charge in [0.15, 0.2) is 5.82 Å². The molecule has 158 valence electrons. The molecule has 2 heterocycles. The number of fused-ring (bicyclic) bond motifs is 1. The predicted octanol–water partition coefficient (Wildman–Crippen LogP) is 3.93. The first kappa shape index (κ1) is 20.2. The zero-order valence-corrected chi connectivity index (χ0v) is 16.7. The van der Waals surface area contributed by atoms with E-state index in [9.17, 15) is 22.8 Å². The van der Waals surface area contributed by atoms with Crippen LogP contribution >= 0.6 is 0 Å². The number of pyridine rings is 1. The van der Waals surface area contributed by atoms with Crippen molar-refractivity contribution in [1.29, 1.82) is 0 Å². The average molecular weight is 418 g/mol. The fourth-order valence-electron chi connectivity index (χ4n) is 3.79. The Bertz CT molecular complexity index is 1260. The molecule has 0 aliphatic heterocycles. The lowest BCUT2D eigenvalue weighted by Crippen LogP contribution is -2.26. The standard InChI is InChI=1S/C21H21F3N4O2/c1-11-14(5-4-6-17(11)21(22,23)24)12(2)25-19-16-10-28(13-7-8-13)18(29)9-15(16)20(30)27(3)26-19/h4-6,9-10,12-13H,7-8H2,1-3H3,(H,25,26). The smallest absolute Gasteiger partial charge is 0.362 e. The van der Waals surface area contributed by atoms with E-state index in [0.29, 0.717) is 16.8 Å². The monoisotopic (exact) mass is 418 g/mol. The molecular weight excluding hydrogens is 397 g/mol. The fraction of sp³-hybridized carbons (Fsp3) is 0.381. The van der Waals surface area contributed by atoms with Gasteiger partial charge in [-0.15, -0.1) is 0 Å². The highest BCUT2D eigenvalue weighted by molar-refractivity contribution is 5.90. The van der Waals surface area contributed by atoms with Crippen molar-refractivity contribution in [2.24, 2.45) is 7.05 Å². The molecule has 6 nitrogen and oxygen atoms in total. The summed E-state index contributed by atoms with van der Waals surface area (Å²) in [5, 5.41) is 8.11. The summed E-state index contributed by atoms with van der Waals surface area (Å²) in [7, 11) is 1.47. The van der Waals surface area contributed by atoms with E-state index in [2.05, 4.69) is 10.4 Å². The third kappa shape index (κ3) is 3.48. The first-order valence-corrected chi connectivity index (χ1v) is 9.64. The molecule has 1 aromatic carbocycles. The van der Waals surface area contributed by atoms with Crippen molar-refractivity contribution >= 4 is 16.6 Å². The minimum atomic E-state index is -4.44. The molecule has 3 aromatic rings. The van der Waals surface area contributed by atoms with Gasteiger partial charge in [0.05, 0.1) is 17.0 Å². The van der Waals surface area contributed by atoms with E-state index in [1.54, 1.807) is 23.8 Å². The second kappa shape index (κ2) is 7.00. The number of nitrogens with zero attached hydrogens (tertiary/aromatic N) is 3. The molecule has 0 amide bonds. The molecule has 2 aromatic heterocycles. The van der Waals surface area contributed by atoms with Gasteiger partial charge in [-0.1, -0.05) is 12.1 Å². The summed E-state index contributed by atoms with van der Waals surface area (Å²) in [6, 6.07) is 4.97. The third-order valence-corrected chi connectivity index (χ3v) is 5.55. The van der Waals surface area contributed by atoms with Crippen LogP contribution < -0.4 is 16.4 Å². The molecule has 30 heavy (non-hydrogen) atoms. The first-order chi connectivity index (χ1) is 14.1. The van der Waals surface area contributed by atoms with Crippen molar-refractivity contribution in [1.82, 2.24) is 14.3 Å². The zero-order valence-electron chi connectivity index (χ0n) is 16.7. The Morgan fingerprint density at radius 2 is 1.90 bits per heavy atom. The number of benzene rings is 1. The van der Waals surface area contributed by atoms with Crippen LogP contribution in [0.25, 0.3) is 10.8 Å². The van der Waals surface area contributed by atoms with Crippen LogP contribution in [0.1, 0.15) is 48.5 Å². The molecule has 1 saturated carbocycles. The topological polar surface area (TPSA) is 68.9 Å². The van der Waals surface area contributed by atoms with Gasteiger partial charge < -0.3 is 9.88 Å². The van der Waals surface area contributed by atoms with E-state index < -0.39 is 23.3 Å². The number of hydrogen-bond donors (Lipinski definition) is 1. The summed E-state index contributed by atoms with van der Waals surface area (Å²) >= 11 is 0. The summed E-state index contributed by atoms with van der Waals surface area (Å²) in [6.07, 6.45) is -1.03. The lowest BCUT2D eigenvalue weighted by atomic mass is 9.97. The lowest BCUT2D eigenvalue weighted by Gasteiger charge is -2.21. The van der Waals surface area contributed by atoms with Gasteiger partial charge in [-0.05, 0) is 43.9 Å². The van der Waals surface area contributed by atoms with Gasteiger partial charge in [0.1, 0.15) is 0 Å². The number of nitrogens with one attached hydrogen (secondary N) is 1. The zero-order chi connectivity index (χ0) is 21.8. The van der Waals surface area contributed by atoms with E-state index in [1.165, 1.54) is 26.1 Å². The van der Waals surface area contributed by atoms with Crippen molar-refractivity contribution in [3.05, 3.63) is 67.9 Å². The van der Waals surface area contributed by atoms with Crippen molar-refractivity contribution in [2.75, 3.05) is 5.32 Å². The first-order valence-electron chi connectivity index (χ1n) is 9.64. The molecule has 0 radical (unpaired) electrons. The molecule has 0 bridgehead atoms. The number of hydrogen-bond acceptors (Lipinski definition) is 4. The van der Waals surface area contributed by atoms with Crippen molar-refractivity contribution in [3.8, 4) is 0 Å². The summed E-state index contributed by atoms with van der Waals surface area (Å²) in [5.41, 5.74) is -0.729. The summed E-state index contributed by atoms with van der Waals surface area (Å²) in [6.45, 7) is 3.17. The third-order valence-electron chi connectivity index (χ3n) is 5.55. The molecule has 0 spiro atoms. The molecule has 1 aliphatic rings. The fourth-order valence-corrected chi connectivity index (χ4v) is 3.79. The molecule has 1 unspecified atom stereocenters. The minimum absolute atomic E-state index is 0.113. The molecule has 1 fully saturated rings. The Labute approximate surface area is 170 Å².